The Kier molecular flexibility index (Phi) is 8.29. The van der Waals surface area contributed by atoms with Gasteiger partial charge < -0.3 is 9.47 Å². The number of benzene rings is 3. The molecule has 0 atom stereocenters. The molecule has 4 rings (SSSR count). The fourth-order valence-corrected chi connectivity index (χ4v) is 5.25. The summed E-state index contributed by atoms with van der Waals surface area (Å²) in [7, 11) is 1.55. The average Bonchev–Trinajstić information content (AvgIpc) is 3.26. The van der Waals surface area contributed by atoms with Crippen molar-refractivity contribution in [3.05, 3.63) is 81.8 Å². The molecule has 0 radical (unpaired) electrons. The van der Waals surface area contributed by atoms with Crippen LogP contribution >= 0.6 is 46.3 Å². The number of carbonyl (C=O) groups excluding carboxylic acids is 1. The summed E-state index contributed by atoms with van der Waals surface area (Å²) in [6, 6.07) is 18.5. The number of nitrogens with zero attached hydrogens (tertiary/aromatic N) is 2. The predicted molar refractivity (Wildman–Crippen MR) is 140 cm³/mol. The van der Waals surface area contributed by atoms with E-state index in [0.29, 0.717) is 21.5 Å². The number of rotatable bonds is 9. The molecule has 0 saturated heterocycles. The zero-order valence-corrected chi connectivity index (χ0v) is 21.1. The lowest BCUT2D eigenvalue weighted by Crippen LogP contribution is -2.19. The van der Waals surface area contributed by atoms with Crippen molar-refractivity contribution in [1.29, 1.82) is 0 Å². The molecule has 1 heterocycles. The van der Waals surface area contributed by atoms with E-state index < -0.39 is 0 Å². The first-order chi connectivity index (χ1) is 16.5. The summed E-state index contributed by atoms with van der Waals surface area (Å²) >= 11 is 15.1. The topological polar surface area (TPSA) is 72.8 Å². The van der Waals surface area contributed by atoms with Crippen LogP contribution in [0.1, 0.15) is 11.1 Å². The number of halogens is 2. The van der Waals surface area contributed by atoms with Gasteiger partial charge in [0.1, 0.15) is 6.61 Å². The summed E-state index contributed by atoms with van der Waals surface area (Å²) in [6.45, 7) is 0.266. The van der Waals surface area contributed by atoms with E-state index in [1.807, 2.05) is 36.4 Å². The van der Waals surface area contributed by atoms with Gasteiger partial charge in [-0.3, -0.25) is 4.79 Å². The highest BCUT2D eigenvalue weighted by molar-refractivity contribution is 8.01. The van der Waals surface area contributed by atoms with Gasteiger partial charge in [0.15, 0.2) is 15.8 Å². The summed E-state index contributed by atoms with van der Waals surface area (Å²) in [6.07, 6.45) is 1.54. The molecular weight excluding hydrogens is 513 g/mol. The van der Waals surface area contributed by atoms with Gasteiger partial charge in [0.2, 0.25) is 0 Å². The Morgan fingerprint density at radius 2 is 2.00 bits per heavy atom. The lowest BCUT2D eigenvalue weighted by Gasteiger charge is -2.12. The second kappa shape index (κ2) is 11.6. The normalized spacial score (nSPS) is 11.1. The van der Waals surface area contributed by atoms with Gasteiger partial charge in [-0.25, -0.2) is 10.4 Å². The van der Waals surface area contributed by atoms with Crippen molar-refractivity contribution in [3.63, 3.8) is 0 Å². The molecule has 0 aliphatic rings. The highest BCUT2D eigenvalue weighted by Gasteiger charge is 2.09. The minimum absolute atomic E-state index is 0.215. The van der Waals surface area contributed by atoms with Gasteiger partial charge in [0.25, 0.3) is 5.91 Å². The number of thiazole rings is 1. The number of hydrazone groups is 1. The van der Waals surface area contributed by atoms with Crippen LogP contribution in [0.4, 0.5) is 0 Å². The quantitative estimate of drug-likeness (QED) is 0.153. The first-order valence-corrected chi connectivity index (χ1v) is 12.6. The molecule has 4 aromatic rings. The molecule has 3 aromatic carbocycles. The molecule has 0 saturated carbocycles. The van der Waals surface area contributed by atoms with Crippen molar-refractivity contribution in [2.24, 2.45) is 5.10 Å². The van der Waals surface area contributed by atoms with Crippen LogP contribution in [0, 0.1) is 0 Å². The maximum absolute atomic E-state index is 12.1. The molecule has 1 amide bonds. The fourth-order valence-electron chi connectivity index (χ4n) is 2.93. The number of ether oxygens (including phenoxy) is 2. The third kappa shape index (κ3) is 6.42. The molecule has 1 N–H and O–H groups in total. The summed E-state index contributed by atoms with van der Waals surface area (Å²) in [5.41, 5.74) is 5.02. The maximum Gasteiger partial charge on any atom is 0.250 e. The van der Waals surface area contributed by atoms with E-state index in [0.717, 1.165) is 25.7 Å². The van der Waals surface area contributed by atoms with Gasteiger partial charge in [-0.05, 0) is 48.0 Å². The number of nitrogens with one attached hydrogen (secondary N) is 1. The number of methoxy groups -OCH3 is 1. The molecular formula is C24H19Cl2N3O3S2. The molecule has 34 heavy (non-hydrogen) atoms. The summed E-state index contributed by atoms with van der Waals surface area (Å²) in [4.78, 5) is 16.6. The van der Waals surface area contributed by atoms with E-state index >= 15 is 0 Å². The standard InChI is InChI=1S/C24H19Cl2N3O3S2/c1-31-21-10-15(6-9-20(21)32-13-16-7-8-17(25)11-18(16)26)12-27-29-23(30)14-33-24-28-19-4-2-3-5-22(19)34-24/h2-12H,13-14H2,1H3,(H,29,30)/b27-12-. The van der Waals surface area contributed by atoms with Crippen molar-refractivity contribution >= 4 is 68.6 Å². The van der Waals surface area contributed by atoms with E-state index in [1.165, 1.54) is 11.8 Å². The second-order valence-electron chi connectivity index (χ2n) is 6.96. The summed E-state index contributed by atoms with van der Waals surface area (Å²) in [5.74, 6) is 1.10. The van der Waals surface area contributed by atoms with Crippen LogP contribution in [0.5, 0.6) is 11.5 Å². The van der Waals surface area contributed by atoms with Crippen LogP contribution in [0.25, 0.3) is 10.2 Å². The number of amides is 1. The molecule has 10 heteroatoms. The van der Waals surface area contributed by atoms with Gasteiger partial charge in [0.05, 0.1) is 29.3 Å². The smallest absolute Gasteiger partial charge is 0.250 e. The molecule has 1 aromatic heterocycles. The molecule has 0 aliphatic heterocycles. The van der Waals surface area contributed by atoms with Gasteiger partial charge >= 0.3 is 0 Å². The SMILES string of the molecule is COc1cc(/C=N\NC(=O)CSc2nc3ccccc3s2)ccc1OCc1ccc(Cl)cc1Cl. The van der Waals surface area contributed by atoms with E-state index in [9.17, 15) is 4.79 Å². The number of thioether (sulfide) groups is 1. The molecule has 0 bridgehead atoms. The van der Waals surface area contributed by atoms with Crippen LogP contribution in [0.3, 0.4) is 0 Å². The Morgan fingerprint density at radius 3 is 2.79 bits per heavy atom. The molecule has 0 spiro atoms. The third-order valence-electron chi connectivity index (χ3n) is 4.59. The monoisotopic (exact) mass is 531 g/mol. The van der Waals surface area contributed by atoms with Crippen LogP contribution in [0.15, 0.2) is 70.1 Å². The second-order valence-corrected chi connectivity index (χ2v) is 10.1. The Hall–Kier alpha value is -2.78. The third-order valence-corrected chi connectivity index (χ3v) is 7.36. The zero-order chi connectivity index (χ0) is 23.9. The summed E-state index contributed by atoms with van der Waals surface area (Å²) in [5, 5.41) is 5.14. The van der Waals surface area contributed by atoms with Crippen molar-refractivity contribution in [2.45, 2.75) is 10.9 Å². The van der Waals surface area contributed by atoms with Crippen LogP contribution in [-0.4, -0.2) is 30.0 Å². The summed E-state index contributed by atoms with van der Waals surface area (Å²) < 4.78 is 13.2. The van der Waals surface area contributed by atoms with Crippen molar-refractivity contribution in [1.82, 2.24) is 10.4 Å². The fraction of sp³-hybridized carbons (Fsp3) is 0.125. The van der Waals surface area contributed by atoms with Crippen molar-refractivity contribution in [3.8, 4) is 11.5 Å². The Labute approximate surface area is 214 Å². The molecule has 6 nitrogen and oxygen atoms in total. The van der Waals surface area contributed by atoms with E-state index in [-0.39, 0.29) is 18.3 Å². The number of para-hydroxylation sites is 1. The maximum atomic E-state index is 12.1. The number of carbonyl (C=O) groups is 1. The first-order valence-electron chi connectivity index (χ1n) is 10.1. The molecule has 0 aliphatic carbocycles. The number of hydrogen-bond acceptors (Lipinski definition) is 7. The zero-order valence-electron chi connectivity index (χ0n) is 18.0. The molecule has 174 valence electrons. The first kappa shape index (κ1) is 24.3. The van der Waals surface area contributed by atoms with Gasteiger partial charge in [0, 0.05) is 15.6 Å². The molecule has 0 unspecified atom stereocenters. The van der Waals surface area contributed by atoms with Crippen LogP contribution in [-0.2, 0) is 11.4 Å². The lowest BCUT2D eigenvalue weighted by atomic mass is 10.2. The van der Waals surface area contributed by atoms with Crippen molar-refractivity contribution < 1.29 is 14.3 Å². The van der Waals surface area contributed by atoms with Crippen molar-refractivity contribution in [2.75, 3.05) is 12.9 Å². The van der Waals surface area contributed by atoms with Gasteiger partial charge in [-0.15, -0.1) is 11.3 Å². The highest BCUT2D eigenvalue weighted by atomic mass is 35.5. The minimum atomic E-state index is -0.215. The minimum Gasteiger partial charge on any atom is -0.493 e. The predicted octanol–water partition coefficient (Wildman–Crippen LogP) is 6.43. The lowest BCUT2D eigenvalue weighted by molar-refractivity contribution is -0.118. The Bertz CT molecular complexity index is 1310. The molecule has 0 fully saturated rings. The largest absolute Gasteiger partial charge is 0.493 e. The Morgan fingerprint density at radius 1 is 1.15 bits per heavy atom. The van der Waals surface area contributed by atoms with Gasteiger partial charge in [-0.1, -0.05) is 53.2 Å². The van der Waals surface area contributed by atoms with Crippen LogP contribution in [0.2, 0.25) is 10.0 Å². The van der Waals surface area contributed by atoms with Crippen LogP contribution < -0.4 is 14.9 Å². The number of fused-ring (bicyclic) bond motifs is 1. The average molecular weight is 532 g/mol. The number of hydrogen-bond donors (Lipinski definition) is 1. The number of aromatic nitrogens is 1. The van der Waals surface area contributed by atoms with Gasteiger partial charge in [-0.2, -0.15) is 5.10 Å². The Balaban J connectivity index is 1.30. The van der Waals surface area contributed by atoms with E-state index in [1.54, 1.807) is 48.9 Å². The highest BCUT2D eigenvalue weighted by Crippen LogP contribution is 2.30. The van der Waals surface area contributed by atoms with E-state index in [4.69, 9.17) is 32.7 Å². The van der Waals surface area contributed by atoms with E-state index in [2.05, 4.69) is 15.5 Å².